The topological polar surface area (TPSA) is 132 Å². The second-order valence-electron chi connectivity index (χ2n) is 9.27. The summed E-state index contributed by atoms with van der Waals surface area (Å²) in [6, 6.07) is 9.11. The van der Waals surface area contributed by atoms with Crippen LogP contribution in [0.3, 0.4) is 0 Å². The van der Waals surface area contributed by atoms with E-state index in [9.17, 15) is 19.2 Å². The van der Waals surface area contributed by atoms with Crippen molar-refractivity contribution in [2.24, 2.45) is 0 Å². The lowest BCUT2D eigenvalue weighted by Gasteiger charge is -2.29. The molecule has 10 nitrogen and oxygen atoms in total. The maximum atomic E-state index is 12.9. The highest BCUT2D eigenvalue weighted by Crippen LogP contribution is 2.31. The molecule has 2 saturated heterocycles. The second kappa shape index (κ2) is 9.46. The average molecular weight is 478 g/mol. The fraction of sp³-hybridized carbons (Fsp3) is 0.400. The summed E-state index contributed by atoms with van der Waals surface area (Å²) in [7, 11) is 0. The number of carbonyl (C=O) groups excluding carboxylic acids is 3. The largest absolute Gasteiger partial charge is 0.465 e. The zero-order chi connectivity index (χ0) is 24.5. The number of pyridine rings is 1. The molecule has 10 heteroatoms. The van der Waals surface area contributed by atoms with Crippen molar-refractivity contribution in [1.29, 1.82) is 0 Å². The van der Waals surface area contributed by atoms with E-state index in [1.54, 1.807) is 17.2 Å². The van der Waals surface area contributed by atoms with Crippen molar-refractivity contribution in [2.45, 2.75) is 50.9 Å². The van der Waals surface area contributed by atoms with E-state index in [4.69, 9.17) is 5.11 Å². The van der Waals surface area contributed by atoms with Crippen LogP contribution in [0.2, 0.25) is 0 Å². The van der Waals surface area contributed by atoms with Gasteiger partial charge in [0.15, 0.2) is 0 Å². The van der Waals surface area contributed by atoms with Gasteiger partial charge in [-0.15, -0.1) is 0 Å². The van der Waals surface area contributed by atoms with Crippen molar-refractivity contribution in [2.75, 3.05) is 13.1 Å². The van der Waals surface area contributed by atoms with Gasteiger partial charge >= 0.3 is 6.09 Å². The highest BCUT2D eigenvalue weighted by molar-refractivity contribution is 6.05. The number of hydrogen-bond acceptors (Lipinski definition) is 6. The summed E-state index contributed by atoms with van der Waals surface area (Å²) in [6.07, 6.45) is 3.31. The van der Waals surface area contributed by atoms with Gasteiger partial charge in [0.25, 0.3) is 5.91 Å². The van der Waals surface area contributed by atoms with E-state index in [1.165, 1.54) is 0 Å². The second-order valence-corrected chi connectivity index (χ2v) is 9.27. The predicted octanol–water partition coefficient (Wildman–Crippen LogP) is 1.74. The first kappa shape index (κ1) is 23.0. The first-order chi connectivity index (χ1) is 16.9. The SMILES string of the molecule is O=C(O)NC[C@@H]1CCCN1Cc1ccnc(-c2ccc3c(c2)CN(C2CCC(=O)NC2=O)C3=O)c1. The lowest BCUT2D eigenvalue weighted by Crippen LogP contribution is -2.52. The molecule has 35 heavy (non-hydrogen) atoms. The zero-order valence-corrected chi connectivity index (χ0v) is 19.2. The number of aromatic nitrogens is 1. The third-order valence-electron chi connectivity index (χ3n) is 7.02. The van der Waals surface area contributed by atoms with Gasteiger partial charge in [-0.05, 0) is 61.2 Å². The molecule has 0 bridgehead atoms. The molecule has 0 aliphatic carbocycles. The Morgan fingerprint density at radius 3 is 2.83 bits per heavy atom. The molecule has 4 heterocycles. The van der Waals surface area contributed by atoms with Crippen LogP contribution in [0.5, 0.6) is 0 Å². The van der Waals surface area contributed by atoms with Crippen LogP contribution in [0.15, 0.2) is 36.5 Å². The molecule has 1 aromatic heterocycles. The van der Waals surface area contributed by atoms with Gasteiger partial charge < -0.3 is 15.3 Å². The van der Waals surface area contributed by atoms with Gasteiger partial charge in [0.05, 0.1) is 5.69 Å². The summed E-state index contributed by atoms with van der Waals surface area (Å²) in [5.74, 6) is -0.921. The van der Waals surface area contributed by atoms with Crippen molar-refractivity contribution in [3.8, 4) is 11.3 Å². The molecule has 3 N–H and O–H groups in total. The first-order valence-electron chi connectivity index (χ1n) is 11.8. The van der Waals surface area contributed by atoms with Crippen molar-refractivity contribution >= 4 is 23.8 Å². The summed E-state index contributed by atoms with van der Waals surface area (Å²) in [4.78, 5) is 55.9. The molecule has 0 saturated carbocycles. The lowest BCUT2D eigenvalue weighted by atomic mass is 10.0. The number of nitrogens with one attached hydrogen (secondary N) is 2. The predicted molar refractivity (Wildman–Crippen MR) is 125 cm³/mol. The quantitative estimate of drug-likeness (QED) is 0.540. The molecular formula is C25H27N5O5. The molecular weight excluding hydrogens is 450 g/mol. The number of imide groups is 1. The third-order valence-corrected chi connectivity index (χ3v) is 7.02. The van der Waals surface area contributed by atoms with Gasteiger partial charge in [0.1, 0.15) is 6.04 Å². The van der Waals surface area contributed by atoms with Crippen LogP contribution < -0.4 is 10.6 Å². The molecule has 3 aliphatic rings. The van der Waals surface area contributed by atoms with Crippen LogP contribution in [-0.2, 0) is 22.7 Å². The molecule has 2 aromatic rings. The van der Waals surface area contributed by atoms with E-state index in [-0.39, 0.29) is 24.3 Å². The number of carboxylic acid groups (broad SMARTS) is 1. The van der Waals surface area contributed by atoms with Crippen LogP contribution >= 0.6 is 0 Å². The average Bonchev–Trinajstić information content (AvgIpc) is 3.41. The Hall–Kier alpha value is -3.79. The number of nitrogens with zero attached hydrogens (tertiary/aromatic N) is 3. The number of piperidine rings is 1. The summed E-state index contributed by atoms with van der Waals surface area (Å²) in [5.41, 5.74) is 4.16. The Balaban J connectivity index is 1.31. The Kier molecular flexibility index (Phi) is 6.21. The molecule has 0 spiro atoms. The van der Waals surface area contributed by atoms with E-state index in [0.29, 0.717) is 31.6 Å². The summed E-state index contributed by atoms with van der Waals surface area (Å²) < 4.78 is 0. The van der Waals surface area contributed by atoms with Gasteiger partial charge in [-0.25, -0.2) is 4.79 Å². The standard InChI is InChI=1S/C25H27N5O5/c31-22-6-5-21(23(32)28-22)30-14-17-11-16(3-4-19(17)24(30)33)20-10-15(7-8-26-20)13-29-9-1-2-18(29)12-27-25(34)35/h3-4,7-8,10-11,18,21,27H,1-2,5-6,9,12-14H2,(H,34,35)(H,28,31,32)/t18-,21?/m0/s1. The monoisotopic (exact) mass is 477 g/mol. The van der Waals surface area contributed by atoms with Crippen molar-refractivity contribution in [1.82, 2.24) is 25.4 Å². The fourth-order valence-corrected chi connectivity index (χ4v) is 5.24. The normalized spacial score (nSPS) is 22.3. The van der Waals surface area contributed by atoms with E-state index >= 15 is 0 Å². The maximum Gasteiger partial charge on any atom is 0.404 e. The van der Waals surface area contributed by atoms with Crippen molar-refractivity contribution in [3.05, 3.63) is 53.2 Å². The van der Waals surface area contributed by atoms with Gasteiger partial charge in [0.2, 0.25) is 11.8 Å². The summed E-state index contributed by atoms with van der Waals surface area (Å²) in [6.45, 7) is 2.35. The minimum absolute atomic E-state index is 0.173. The molecule has 3 aliphatic heterocycles. The third kappa shape index (κ3) is 4.74. The van der Waals surface area contributed by atoms with Crippen LogP contribution in [0, 0.1) is 0 Å². The Bertz CT molecular complexity index is 1200. The molecule has 4 amide bonds. The Morgan fingerprint density at radius 2 is 2.03 bits per heavy atom. The van der Waals surface area contributed by atoms with E-state index in [1.807, 2.05) is 24.3 Å². The number of hydrogen-bond donors (Lipinski definition) is 3. The van der Waals surface area contributed by atoms with Crippen molar-refractivity contribution < 1.29 is 24.3 Å². The minimum Gasteiger partial charge on any atom is -0.465 e. The summed E-state index contributed by atoms with van der Waals surface area (Å²) in [5, 5.41) is 13.7. The number of rotatable bonds is 6. The molecule has 182 valence electrons. The fourth-order valence-electron chi connectivity index (χ4n) is 5.24. The number of amides is 4. The van der Waals surface area contributed by atoms with E-state index < -0.39 is 18.0 Å². The number of benzene rings is 1. The Labute approximate surface area is 202 Å². The van der Waals surface area contributed by atoms with Gasteiger partial charge in [-0.2, -0.15) is 0 Å². The van der Waals surface area contributed by atoms with Gasteiger partial charge in [-0.1, -0.05) is 6.07 Å². The molecule has 0 radical (unpaired) electrons. The molecule has 1 unspecified atom stereocenters. The smallest absolute Gasteiger partial charge is 0.404 e. The van der Waals surface area contributed by atoms with Crippen molar-refractivity contribution in [3.63, 3.8) is 0 Å². The number of likely N-dealkylation sites (tertiary alicyclic amines) is 1. The molecule has 5 rings (SSSR count). The summed E-state index contributed by atoms with van der Waals surface area (Å²) >= 11 is 0. The lowest BCUT2D eigenvalue weighted by molar-refractivity contribution is -0.136. The molecule has 1 aromatic carbocycles. The number of fused-ring (bicyclic) bond motifs is 1. The molecule has 2 atom stereocenters. The first-order valence-corrected chi connectivity index (χ1v) is 11.8. The highest BCUT2D eigenvalue weighted by atomic mass is 16.4. The minimum atomic E-state index is -1.01. The van der Waals surface area contributed by atoms with Crippen LogP contribution in [0.25, 0.3) is 11.3 Å². The zero-order valence-electron chi connectivity index (χ0n) is 19.2. The van der Waals surface area contributed by atoms with E-state index in [0.717, 1.165) is 41.8 Å². The van der Waals surface area contributed by atoms with Crippen LogP contribution in [0.1, 0.15) is 47.2 Å². The van der Waals surface area contributed by atoms with Crippen LogP contribution in [-0.4, -0.2) is 68.9 Å². The Morgan fingerprint density at radius 1 is 1.17 bits per heavy atom. The van der Waals surface area contributed by atoms with Gasteiger partial charge in [0, 0.05) is 49.4 Å². The molecule has 2 fully saturated rings. The maximum absolute atomic E-state index is 12.9. The van der Waals surface area contributed by atoms with E-state index in [2.05, 4.69) is 20.5 Å². The highest BCUT2D eigenvalue weighted by Gasteiger charge is 2.39. The number of carbonyl (C=O) groups is 4. The van der Waals surface area contributed by atoms with Gasteiger partial charge in [-0.3, -0.25) is 29.6 Å². The van der Waals surface area contributed by atoms with Crippen LogP contribution in [0.4, 0.5) is 4.79 Å².